The molecule has 1 amide bonds. The number of benzene rings is 1. The minimum absolute atomic E-state index is 0. The van der Waals surface area contributed by atoms with Crippen molar-refractivity contribution in [3.05, 3.63) is 56.7 Å². The molecule has 0 aliphatic carbocycles. The van der Waals surface area contributed by atoms with E-state index in [0.29, 0.717) is 12.1 Å². The molecule has 0 atom stereocenters. The van der Waals surface area contributed by atoms with Crippen LogP contribution in [0.5, 0.6) is 0 Å². The molecule has 8 heteroatoms. The molecule has 0 aliphatic heterocycles. The van der Waals surface area contributed by atoms with Crippen LogP contribution < -0.4 is 16.0 Å². The van der Waals surface area contributed by atoms with Gasteiger partial charge < -0.3 is 16.0 Å². The fraction of sp³-hybridized carbons (Fsp3) is 0.368. The van der Waals surface area contributed by atoms with E-state index >= 15 is 0 Å². The summed E-state index contributed by atoms with van der Waals surface area (Å²) >= 11 is 7.55. The first-order valence-electron chi connectivity index (χ1n) is 8.69. The van der Waals surface area contributed by atoms with Crippen molar-refractivity contribution in [2.24, 2.45) is 4.99 Å². The predicted molar refractivity (Wildman–Crippen MR) is 126 cm³/mol. The summed E-state index contributed by atoms with van der Waals surface area (Å²) in [7, 11) is 1.64. The summed E-state index contributed by atoms with van der Waals surface area (Å²) < 4.78 is 0.813. The number of rotatable bonds is 8. The second kappa shape index (κ2) is 13.0. The number of carbonyl (C=O) groups excluding carboxylic acids is 1. The minimum Gasteiger partial charge on any atom is -0.357 e. The second-order valence-electron chi connectivity index (χ2n) is 5.67. The maximum Gasteiger partial charge on any atom is 0.251 e. The molecule has 27 heavy (non-hydrogen) atoms. The molecule has 0 fully saturated rings. The van der Waals surface area contributed by atoms with Crippen molar-refractivity contribution < 1.29 is 4.79 Å². The molecule has 1 heterocycles. The lowest BCUT2D eigenvalue weighted by Crippen LogP contribution is -2.38. The Kier molecular flexibility index (Phi) is 11.4. The summed E-state index contributed by atoms with van der Waals surface area (Å²) in [6.07, 6.45) is 1.69. The highest BCUT2D eigenvalue weighted by molar-refractivity contribution is 14.0. The molecule has 0 spiro atoms. The van der Waals surface area contributed by atoms with Crippen LogP contribution in [0.4, 0.5) is 0 Å². The summed E-state index contributed by atoms with van der Waals surface area (Å²) in [5, 5.41) is 9.24. The molecule has 3 N–H and O–H groups in total. The van der Waals surface area contributed by atoms with E-state index < -0.39 is 0 Å². The van der Waals surface area contributed by atoms with E-state index in [4.69, 9.17) is 11.6 Å². The average Bonchev–Trinajstić information content (AvgIpc) is 3.06. The molecule has 1 aromatic heterocycles. The number of carbonyl (C=O) groups is 1. The largest absolute Gasteiger partial charge is 0.357 e. The summed E-state index contributed by atoms with van der Waals surface area (Å²) in [4.78, 5) is 17.5. The Labute approximate surface area is 187 Å². The van der Waals surface area contributed by atoms with E-state index in [1.54, 1.807) is 18.4 Å². The number of thiophene rings is 1. The molecule has 148 valence electrons. The Morgan fingerprint density at radius 1 is 1.19 bits per heavy atom. The first-order chi connectivity index (χ1) is 12.6. The Hall–Kier alpha value is -1.32. The van der Waals surface area contributed by atoms with Gasteiger partial charge in [0.2, 0.25) is 0 Å². The van der Waals surface area contributed by atoms with E-state index in [1.807, 2.05) is 43.3 Å². The van der Waals surface area contributed by atoms with E-state index in [9.17, 15) is 4.79 Å². The Bertz CT molecular complexity index is 751. The number of guanidine groups is 1. The Balaban J connectivity index is 0.00000364. The summed E-state index contributed by atoms with van der Waals surface area (Å²) in [6, 6.07) is 11.6. The Morgan fingerprint density at radius 3 is 2.67 bits per heavy atom. The zero-order valence-electron chi connectivity index (χ0n) is 15.5. The van der Waals surface area contributed by atoms with E-state index in [0.717, 1.165) is 41.8 Å². The fourth-order valence-electron chi connectivity index (χ4n) is 2.44. The van der Waals surface area contributed by atoms with Crippen molar-refractivity contribution in [3.8, 4) is 0 Å². The van der Waals surface area contributed by atoms with Gasteiger partial charge in [0.25, 0.3) is 5.91 Å². The Morgan fingerprint density at radius 2 is 2.00 bits per heavy atom. The maximum absolute atomic E-state index is 11.7. The first-order valence-corrected chi connectivity index (χ1v) is 9.89. The van der Waals surface area contributed by atoms with Crippen LogP contribution in [-0.4, -0.2) is 38.5 Å². The topological polar surface area (TPSA) is 65.5 Å². The number of nitrogens with one attached hydrogen (secondary N) is 3. The third kappa shape index (κ3) is 8.49. The van der Waals surface area contributed by atoms with Gasteiger partial charge in [-0.1, -0.05) is 23.7 Å². The van der Waals surface area contributed by atoms with Crippen LogP contribution in [-0.2, 0) is 12.8 Å². The van der Waals surface area contributed by atoms with Crippen LogP contribution in [0.25, 0.3) is 0 Å². The van der Waals surface area contributed by atoms with Crippen molar-refractivity contribution in [1.29, 1.82) is 0 Å². The lowest BCUT2D eigenvalue weighted by Gasteiger charge is -2.11. The monoisotopic (exact) mass is 520 g/mol. The molecule has 0 saturated heterocycles. The van der Waals surface area contributed by atoms with Gasteiger partial charge in [-0.3, -0.25) is 9.79 Å². The van der Waals surface area contributed by atoms with Gasteiger partial charge in [0.05, 0.1) is 4.34 Å². The van der Waals surface area contributed by atoms with Gasteiger partial charge in [-0.2, -0.15) is 0 Å². The normalized spacial score (nSPS) is 10.9. The molecule has 0 bridgehead atoms. The smallest absolute Gasteiger partial charge is 0.251 e. The molecule has 0 saturated carbocycles. The lowest BCUT2D eigenvalue weighted by molar-refractivity contribution is 0.0963. The molecule has 1 aromatic carbocycles. The van der Waals surface area contributed by atoms with Gasteiger partial charge in [0.15, 0.2) is 5.96 Å². The van der Waals surface area contributed by atoms with Gasteiger partial charge in [0.1, 0.15) is 0 Å². The number of aliphatic imine (C=N–C) groups is 1. The number of hydrogen-bond acceptors (Lipinski definition) is 3. The average molecular weight is 521 g/mol. The van der Waals surface area contributed by atoms with Gasteiger partial charge in [-0.15, -0.1) is 35.3 Å². The predicted octanol–water partition coefficient (Wildman–Crippen LogP) is 3.72. The van der Waals surface area contributed by atoms with Crippen LogP contribution in [0, 0.1) is 0 Å². The van der Waals surface area contributed by atoms with Crippen molar-refractivity contribution in [2.75, 3.05) is 26.7 Å². The molecular weight excluding hydrogens is 495 g/mol. The van der Waals surface area contributed by atoms with E-state index in [-0.39, 0.29) is 29.9 Å². The van der Waals surface area contributed by atoms with Crippen molar-refractivity contribution in [2.45, 2.75) is 19.8 Å². The highest BCUT2D eigenvalue weighted by Gasteiger charge is 2.04. The molecule has 0 unspecified atom stereocenters. The molecule has 2 rings (SSSR count). The molecular formula is C19H26ClIN4OS. The van der Waals surface area contributed by atoms with Crippen LogP contribution in [0.3, 0.4) is 0 Å². The van der Waals surface area contributed by atoms with Gasteiger partial charge in [-0.05, 0) is 43.2 Å². The van der Waals surface area contributed by atoms with E-state index in [2.05, 4.69) is 20.9 Å². The molecule has 5 nitrogen and oxygen atoms in total. The number of amides is 1. The second-order valence-corrected chi connectivity index (χ2v) is 7.47. The van der Waals surface area contributed by atoms with Crippen molar-refractivity contribution in [3.63, 3.8) is 0 Å². The zero-order chi connectivity index (χ0) is 18.8. The van der Waals surface area contributed by atoms with Gasteiger partial charge in [-0.25, -0.2) is 0 Å². The number of nitrogens with zero attached hydrogens (tertiary/aromatic N) is 1. The molecule has 0 radical (unpaired) electrons. The highest BCUT2D eigenvalue weighted by atomic mass is 127. The number of hydrogen-bond donors (Lipinski definition) is 3. The third-order valence-corrected chi connectivity index (χ3v) is 5.01. The number of halogens is 2. The minimum atomic E-state index is -0.0663. The maximum atomic E-state index is 11.7. The summed E-state index contributed by atoms with van der Waals surface area (Å²) in [6.45, 7) is 4.30. The highest BCUT2D eigenvalue weighted by Crippen LogP contribution is 2.21. The van der Waals surface area contributed by atoms with Gasteiger partial charge >= 0.3 is 0 Å². The van der Waals surface area contributed by atoms with Gasteiger partial charge in [0, 0.05) is 43.5 Å². The van der Waals surface area contributed by atoms with Crippen LogP contribution >= 0.6 is 46.9 Å². The standard InChI is InChI=1S/C19H25ClN4OS.HI/c1-3-22-19(24-12-10-16-7-8-17(20)26-16)23-11-9-14-5-4-6-15(13-14)18(25)21-2;/h4-8,13H,3,9-12H2,1-2H3,(H,21,25)(H2,22,23,24);1H. The summed E-state index contributed by atoms with van der Waals surface area (Å²) in [5.74, 6) is 0.737. The summed E-state index contributed by atoms with van der Waals surface area (Å²) in [5.41, 5.74) is 1.79. The molecule has 0 aliphatic rings. The van der Waals surface area contributed by atoms with Crippen LogP contribution in [0.15, 0.2) is 41.4 Å². The zero-order valence-corrected chi connectivity index (χ0v) is 19.5. The lowest BCUT2D eigenvalue weighted by atomic mass is 10.1. The van der Waals surface area contributed by atoms with E-state index in [1.165, 1.54) is 4.88 Å². The first kappa shape index (κ1) is 23.7. The van der Waals surface area contributed by atoms with Crippen molar-refractivity contribution in [1.82, 2.24) is 16.0 Å². The SMILES string of the molecule is CCNC(=NCCc1ccc(Cl)s1)NCCc1cccc(C(=O)NC)c1.I. The van der Waals surface area contributed by atoms with Crippen LogP contribution in [0.2, 0.25) is 4.34 Å². The third-order valence-electron chi connectivity index (χ3n) is 3.72. The van der Waals surface area contributed by atoms with Crippen molar-refractivity contribution >= 4 is 58.8 Å². The quantitative estimate of drug-likeness (QED) is 0.282. The van der Waals surface area contributed by atoms with Crippen LogP contribution in [0.1, 0.15) is 27.7 Å². The fourth-order valence-corrected chi connectivity index (χ4v) is 3.52. The molecule has 2 aromatic rings.